The Morgan fingerprint density at radius 1 is 1.00 bits per heavy atom. The van der Waals surface area contributed by atoms with Crippen LogP contribution < -0.4 is 5.32 Å². The highest BCUT2D eigenvalue weighted by atomic mass is 14.9. The lowest BCUT2D eigenvalue weighted by atomic mass is 9.78. The van der Waals surface area contributed by atoms with Gasteiger partial charge in [-0.15, -0.1) is 0 Å². The van der Waals surface area contributed by atoms with Crippen molar-refractivity contribution in [1.29, 1.82) is 0 Å². The minimum Gasteiger partial charge on any atom is -0.387 e. The van der Waals surface area contributed by atoms with Gasteiger partial charge in [0.25, 0.3) is 0 Å². The molecule has 0 aromatic carbocycles. The van der Waals surface area contributed by atoms with Crippen molar-refractivity contribution in [2.75, 3.05) is 6.54 Å². The highest BCUT2D eigenvalue weighted by molar-refractivity contribution is 5.34. The molecular formula is C14H25N. The van der Waals surface area contributed by atoms with Gasteiger partial charge in [-0.05, 0) is 17.4 Å². The Bertz CT molecular complexity index is 281. The van der Waals surface area contributed by atoms with Gasteiger partial charge in [0.1, 0.15) is 0 Å². The molecule has 1 heterocycles. The van der Waals surface area contributed by atoms with E-state index in [-0.39, 0.29) is 10.8 Å². The van der Waals surface area contributed by atoms with Gasteiger partial charge in [0.05, 0.1) is 0 Å². The maximum Gasteiger partial charge on any atom is 0.0199 e. The van der Waals surface area contributed by atoms with E-state index < -0.39 is 0 Å². The highest BCUT2D eigenvalue weighted by Crippen LogP contribution is 2.36. The van der Waals surface area contributed by atoms with Gasteiger partial charge in [0.15, 0.2) is 0 Å². The van der Waals surface area contributed by atoms with Crippen molar-refractivity contribution in [3.8, 4) is 0 Å². The monoisotopic (exact) mass is 207 g/mol. The van der Waals surface area contributed by atoms with E-state index in [1.165, 1.54) is 11.3 Å². The van der Waals surface area contributed by atoms with Crippen molar-refractivity contribution >= 4 is 0 Å². The van der Waals surface area contributed by atoms with Gasteiger partial charge < -0.3 is 5.32 Å². The van der Waals surface area contributed by atoms with Crippen LogP contribution in [0.1, 0.15) is 48.0 Å². The summed E-state index contributed by atoms with van der Waals surface area (Å²) in [4.78, 5) is 0. The van der Waals surface area contributed by atoms with E-state index in [4.69, 9.17) is 0 Å². The van der Waals surface area contributed by atoms with Gasteiger partial charge >= 0.3 is 0 Å². The number of hydrogen-bond acceptors (Lipinski definition) is 1. The van der Waals surface area contributed by atoms with E-state index in [1.807, 2.05) is 0 Å². The van der Waals surface area contributed by atoms with Crippen LogP contribution in [-0.4, -0.2) is 6.54 Å². The Labute approximate surface area is 94.6 Å². The molecule has 1 N–H and O–H groups in total. The minimum absolute atomic E-state index is 0.206. The predicted octanol–water partition coefficient (Wildman–Crippen LogP) is 3.88. The summed E-state index contributed by atoms with van der Waals surface area (Å²) in [7, 11) is 0. The SMILES string of the molecule is CC(C)(C)C1=C(C(C)(C)C)NCCC=C1. The van der Waals surface area contributed by atoms with Crippen LogP contribution in [0, 0.1) is 10.8 Å². The summed E-state index contributed by atoms with van der Waals surface area (Å²) in [6, 6.07) is 0. The lowest BCUT2D eigenvalue weighted by molar-refractivity contribution is 0.424. The van der Waals surface area contributed by atoms with Crippen LogP contribution in [0.5, 0.6) is 0 Å². The van der Waals surface area contributed by atoms with Crippen LogP contribution in [0.3, 0.4) is 0 Å². The average Bonchev–Trinajstić information content (AvgIpc) is 2.24. The zero-order chi connectivity index (χ0) is 11.7. The van der Waals surface area contributed by atoms with Gasteiger partial charge in [-0.25, -0.2) is 0 Å². The molecule has 0 aromatic rings. The predicted molar refractivity (Wildman–Crippen MR) is 67.7 cm³/mol. The molecule has 1 rings (SSSR count). The molecule has 0 spiro atoms. The van der Waals surface area contributed by atoms with Crippen LogP contribution in [0.15, 0.2) is 23.4 Å². The minimum atomic E-state index is 0.206. The molecule has 0 saturated carbocycles. The summed E-state index contributed by atoms with van der Waals surface area (Å²) in [6.45, 7) is 14.7. The molecule has 86 valence electrons. The normalized spacial score (nSPS) is 18.8. The molecule has 1 aliphatic heterocycles. The first-order valence-corrected chi connectivity index (χ1v) is 5.88. The third kappa shape index (κ3) is 3.12. The fraction of sp³-hybridized carbons (Fsp3) is 0.714. The second kappa shape index (κ2) is 4.03. The van der Waals surface area contributed by atoms with Gasteiger partial charge in [-0.3, -0.25) is 0 Å². The summed E-state index contributed by atoms with van der Waals surface area (Å²) < 4.78 is 0. The van der Waals surface area contributed by atoms with Crippen molar-refractivity contribution in [3.05, 3.63) is 23.4 Å². The fourth-order valence-electron chi connectivity index (χ4n) is 1.95. The highest BCUT2D eigenvalue weighted by Gasteiger charge is 2.27. The van der Waals surface area contributed by atoms with Crippen molar-refractivity contribution in [1.82, 2.24) is 5.32 Å². The van der Waals surface area contributed by atoms with Crippen molar-refractivity contribution in [2.24, 2.45) is 10.8 Å². The Kier molecular flexibility index (Phi) is 3.32. The third-order valence-corrected chi connectivity index (χ3v) is 2.72. The standard InChI is InChI=1S/C14H25N/c1-13(2,3)11-9-7-8-10-15-12(11)14(4,5)6/h7,9,15H,8,10H2,1-6H3. The molecule has 0 fully saturated rings. The molecule has 1 aliphatic rings. The molecule has 0 saturated heterocycles. The second-order valence-electron chi connectivity index (χ2n) is 6.41. The summed E-state index contributed by atoms with van der Waals surface area (Å²) in [6.07, 6.45) is 5.71. The maximum absolute atomic E-state index is 3.60. The topological polar surface area (TPSA) is 12.0 Å². The van der Waals surface area contributed by atoms with Crippen molar-refractivity contribution < 1.29 is 0 Å². The lowest BCUT2D eigenvalue weighted by Crippen LogP contribution is -2.28. The summed E-state index contributed by atoms with van der Waals surface area (Å²) in [5.74, 6) is 0. The van der Waals surface area contributed by atoms with E-state index in [0.29, 0.717) is 0 Å². The van der Waals surface area contributed by atoms with E-state index in [2.05, 4.69) is 59.0 Å². The molecule has 0 amide bonds. The second-order valence-corrected chi connectivity index (χ2v) is 6.41. The largest absolute Gasteiger partial charge is 0.387 e. The Morgan fingerprint density at radius 3 is 2.07 bits per heavy atom. The van der Waals surface area contributed by atoms with E-state index in [0.717, 1.165) is 13.0 Å². The van der Waals surface area contributed by atoms with Crippen molar-refractivity contribution in [2.45, 2.75) is 48.0 Å². The molecule has 0 unspecified atom stereocenters. The maximum atomic E-state index is 3.60. The zero-order valence-corrected chi connectivity index (χ0v) is 11.1. The first kappa shape index (κ1) is 12.4. The summed E-state index contributed by atoms with van der Waals surface area (Å²) in [5.41, 5.74) is 3.28. The molecule has 1 heteroatoms. The first-order valence-electron chi connectivity index (χ1n) is 5.88. The van der Waals surface area contributed by atoms with Crippen LogP contribution in [-0.2, 0) is 0 Å². The molecule has 0 atom stereocenters. The van der Waals surface area contributed by atoms with Gasteiger partial charge in [-0.2, -0.15) is 0 Å². The van der Waals surface area contributed by atoms with Gasteiger partial charge in [0, 0.05) is 17.7 Å². The molecule has 0 bridgehead atoms. The number of rotatable bonds is 0. The quantitative estimate of drug-likeness (QED) is 0.635. The number of nitrogens with one attached hydrogen (secondary N) is 1. The van der Waals surface area contributed by atoms with E-state index in [1.54, 1.807) is 0 Å². The van der Waals surface area contributed by atoms with Crippen LogP contribution in [0.2, 0.25) is 0 Å². The van der Waals surface area contributed by atoms with Crippen molar-refractivity contribution in [3.63, 3.8) is 0 Å². The summed E-state index contributed by atoms with van der Waals surface area (Å²) in [5, 5.41) is 3.60. The molecular weight excluding hydrogens is 182 g/mol. The molecule has 0 aromatic heterocycles. The first-order chi connectivity index (χ1) is 6.73. The third-order valence-electron chi connectivity index (χ3n) is 2.72. The zero-order valence-electron chi connectivity index (χ0n) is 11.1. The fourth-order valence-corrected chi connectivity index (χ4v) is 1.95. The van der Waals surface area contributed by atoms with Gasteiger partial charge in [0.2, 0.25) is 0 Å². The molecule has 0 aliphatic carbocycles. The van der Waals surface area contributed by atoms with Crippen LogP contribution in [0.25, 0.3) is 0 Å². The van der Waals surface area contributed by atoms with E-state index in [9.17, 15) is 0 Å². The average molecular weight is 207 g/mol. The molecule has 0 radical (unpaired) electrons. The summed E-state index contributed by atoms with van der Waals surface area (Å²) >= 11 is 0. The Balaban J connectivity index is 3.22. The molecule has 1 nitrogen and oxygen atoms in total. The number of allylic oxidation sites excluding steroid dienone is 3. The molecule has 15 heavy (non-hydrogen) atoms. The van der Waals surface area contributed by atoms with Gasteiger partial charge in [-0.1, -0.05) is 53.7 Å². The number of hydrogen-bond donors (Lipinski definition) is 1. The van der Waals surface area contributed by atoms with E-state index >= 15 is 0 Å². The smallest absolute Gasteiger partial charge is 0.0199 e. The Morgan fingerprint density at radius 2 is 1.60 bits per heavy atom. The lowest BCUT2D eigenvalue weighted by Gasteiger charge is -2.31. The van der Waals surface area contributed by atoms with Crippen LogP contribution >= 0.6 is 0 Å². The Hall–Kier alpha value is -0.720. The van der Waals surface area contributed by atoms with Crippen LogP contribution in [0.4, 0.5) is 0 Å².